The third-order valence-electron chi connectivity index (χ3n) is 2.10. The van der Waals surface area contributed by atoms with Gasteiger partial charge in [-0.05, 0) is 12.8 Å². The molecule has 4 nitrogen and oxygen atoms in total. The summed E-state index contributed by atoms with van der Waals surface area (Å²) in [5.74, 6) is -0.459. The van der Waals surface area contributed by atoms with Gasteiger partial charge in [0.25, 0.3) is 0 Å². The Morgan fingerprint density at radius 2 is 1.81 bits per heavy atom. The maximum atomic E-state index is 11.1. The van der Waals surface area contributed by atoms with Crippen molar-refractivity contribution in [1.82, 2.24) is 0 Å². The Hall–Kier alpha value is -1.06. The maximum absolute atomic E-state index is 11.1. The minimum atomic E-state index is -0.279. The average molecular weight is 230 g/mol. The first-order valence-electron chi connectivity index (χ1n) is 5.93. The molecular weight excluding hydrogens is 208 g/mol. The SMILES string of the molecule is CCCC(=O)OCCC(CCC)OC(C)=O. The molecule has 0 aliphatic heterocycles. The Kier molecular flexibility index (Phi) is 8.58. The smallest absolute Gasteiger partial charge is 0.305 e. The van der Waals surface area contributed by atoms with Gasteiger partial charge in [-0.3, -0.25) is 9.59 Å². The van der Waals surface area contributed by atoms with Gasteiger partial charge in [-0.15, -0.1) is 0 Å². The number of esters is 2. The van der Waals surface area contributed by atoms with E-state index >= 15 is 0 Å². The van der Waals surface area contributed by atoms with Gasteiger partial charge in [0.1, 0.15) is 6.10 Å². The second-order valence-corrected chi connectivity index (χ2v) is 3.78. The molecular formula is C12H22O4. The van der Waals surface area contributed by atoms with Crippen LogP contribution in [-0.4, -0.2) is 24.6 Å². The maximum Gasteiger partial charge on any atom is 0.305 e. The van der Waals surface area contributed by atoms with E-state index in [1.165, 1.54) is 6.92 Å². The van der Waals surface area contributed by atoms with Crippen molar-refractivity contribution in [3.05, 3.63) is 0 Å². The van der Waals surface area contributed by atoms with Crippen molar-refractivity contribution >= 4 is 11.9 Å². The van der Waals surface area contributed by atoms with Crippen molar-refractivity contribution in [3.8, 4) is 0 Å². The van der Waals surface area contributed by atoms with Crippen LogP contribution in [0.5, 0.6) is 0 Å². The fourth-order valence-corrected chi connectivity index (χ4v) is 1.40. The molecule has 94 valence electrons. The number of hydrogen-bond donors (Lipinski definition) is 0. The summed E-state index contributed by atoms with van der Waals surface area (Å²) in [6.45, 7) is 5.68. The van der Waals surface area contributed by atoms with E-state index in [0.717, 1.165) is 19.3 Å². The lowest BCUT2D eigenvalue weighted by molar-refractivity contribution is -0.149. The van der Waals surface area contributed by atoms with Crippen molar-refractivity contribution in [3.63, 3.8) is 0 Å². The Morgan fingerprint density at radius 3 is 2.31 bits per heavy atom. The summed E-state index contributed by atoms with van der Waals surface area (Å²) in [7, 11) is 0. The van der Waals surface area contributed by atoms with Crippen LogP contribution in [0.2, 0.25) is 0 Å². The van der Waals surface area contributed by atoms with E-state index in [-0.39, 0.29) is 18.0 Å². The van der Waals surface area contributed by atoms with Gasteiger partial charge in [-0.2, -0.15) is 0 Å². The molecule has 0 rings (SSSR count). The predicted molar refractivity (Wildman–Crippen MR) is 60.9 cm³/mol. The summed E-state index contributed by atoms with van der Waals surface area (Å²) < 4.78 is 10.1. The molecule has 0 aliphatic carbocycles. The average Bonchev–Trinajstić information content (AvgIpc) is 2.17. The van der Waals surface area contributed by atoms with Crippen LogP contribution in [0, 0.1) is 0 Å². The van der Waals surface area contributed by atoms with Crippen LogP contribution in [0.1, 0.15) is 52.9 Å². The van der Waals surface area contributed by atoms with E-state index in [1.54, 1.807) is 0 Å². The molecule has 0 heterocycles. The van der Waals surface area contributed by atoms with E-state index < -0.39 is 0 Å². The van der Waals surface area contributed by atoms with Crippen molar-refractivity contribution in [1.29, 1.82) is 0 Å². The van der Waals surface area contributed by atoms with Gasteiger partial charge in [0.15, 0.2) is 0 Å². The summed E-state index contributed by atoms with van der Waals surface area (Å²) in [6.07, 6.45) is 3.46. The number of ether oxygens (including phenoxy) is 2. The molecule has 1 unspecified atom stereocenters. The molecule has 1 atom stereocenters. The van der Waals surface area contributed by atoms with Crippen LogP contribution in [0.3, 0.4) is 0 Å². The molecule has 0 aromatic rings. The lowest BCUT2D eigenvalue weighted by Crippen LogP contribution is -2.19. The molecule has 0 aromatic carbocycles. The van der Waals surface area contributed by atoms with Crippen molar-refractivity contribution in [2.45, 2.75) is 59.0 Å². The van der Waals surface area contributed by atoms with Crippen LogP contribution in [0.4, 0.5) is 0 Å². The van der Waals surface area contributed by atoms with Gasteiger partial charge in [0.2, 0.25) is 0 Å². The molecule has 0 N–H and O–H groups in total. The van der Waals surface area contributed by atoms with Crippen molar-refractivity contribution < 1.29 is 19.1 Å². The predicted octanol–water partition coefficient (Wildman–Crippen LogP) is 2.45. The molecule has 0 saturated heterocycles. The third-order valence-corrected chi connectivity index (χ3v) is 2.10. The monoisotopic (exact) mass is 230 g/mol. The van der Waals surface area contributed by atoms with Crippen molar-refractivity contribution in [2.75, 3.05) is 6.61 Å². The Morgan fingerprint density at radius 1 is 1.12 bits per heavy atom. The molecule has 4 heteroatoms. The van der Waals surface area contributed by atoms with Gasteiger partial charge < -0.3 is 9.47 Å². The van der Waals surface area contributed by atoms with Crippen LogP contribution in [0.15, 0.2) is 0 Å². The van der Waals surface area contributed by atoms with Crippen molar-refractivity contribution in [2.24, 2.45) is 0 Å². The van der Waals surface area contributed by atoms with Gasteiger partial charge >= 0.3 is 11.9 Å². The number of carbonyl (C=O) groups excluding carboxylic acids is 2. The second-order valence-electron chi connectivity index (χ2n) is 3.78. The molecule has 0 fully saturated rings. The normalized spacial score (nSPS) is 11.9. The topological polar surface area (TPSA) is 52.6 Å². The summed E-state index contributed by atoms with van der Waals surface area (Å²) in [5, 5.41) is 0. The number of hydrogen-bond acceptors (Lipinski definition) is 4. The molecule has 0 aromatic heterocycles. The van der Waals surface area contributed by atoms with Crippen LogP contribution in [-0.2, 0) is 19.1 Å². The summed E-state index contributed by atoms with van der Waals surface area (Å²) >= 11 is 0. The van der Waals surface area contributed by atoms with E-state index in [9.17, 15) is 9.59 Å². The van der Waals surface area contributed by atoms with E-state index in [1.807, 2.05) is 13.8 Å². The van der Waals surface area contributed by atoms with E-state index in [4.69, 9.17) is 9.47 Å². The first kappa shape index (κ1) is 14.9. The second kappa shape index (κ2) is 9.19. The summed E-state index contributed by atoms with van der Waals surface area (Å²) in [4.78, 5) is 21.9. The number of rotatable bonds is 8. The first-order chi connectivity index (χ1) is 7.60. The lowest BCUT2D eigenvalue weighted by Gasteiger charge is -2.15. The zero-order valence-electron chi connectivity index (χ0n) is 10.5. The Bertz CT molecular complexity index is 213. The highest BCUT2D eigenvalue weighted by Crippen LogP contribution is 2.08. The summed E-state index contributed by atoms with van der Waals surface area (Å²) in [6, 6.07) is 0. The first-order valence-corrected chi connectivity index (χ1v) is 5.93. The molecule has 0 amide bonds. The third kappa shape index (κ3) is 8.26. The molecule has 0 aliphatic rings. The minimum Gasteiger partial charge on any atom is -0.466 e. The summed E-state index contributed by atoms with van der Waals surface area (Å²) in [5.41, 5.74) is 0. The lowest BCUT2D eigenvalue weighted by atomic mass is 10.1. The standard InChI is InChI=1S/C12H22O4/c1-4-6-11(16-10(3)13)8-9-15-12(14)7-5-2/h11H,4-9H2,1-3H3. The molecule has 0 radical (unpaired) electrons. The Labute approximate surface area is 97.3 Å². The van der Waals surface area contributed by atoms with E-state index in [2.05, 4.69) is 0 Å². The molecule has 0 bridgehead atoms. The quantitative estimate of drug-likeness (QED) is 0.601. The highest BCUT2D eigenvalue weighted by molar-refractivity contribution is 5.69. The highest BCUT2D eigenvalue weighted by atomic mass is 16.6. The van der Waals surface area contributed by atoms with Crippen LogP contribution < -0.4 is 0 Å². The largest absolute Gasteiger partial charge is 0.466 e. The minimum absolute atomic E-state index is 0.128. The van der Waals surface area contributed by atoms with Crippen LogP contribution >= 0.6 is 0 Å². The molecule has 16 heavy (non-hydrogen) atoms. The van der Waals surface area contributed by atoms with Gasteiger partial charge in [0.05, 0.1) is 6.61 Å². The fourth-order valence-electron chi connectivity index (χ4n) is 1.40. The van der Waals surface area contributed by atoms with Gasteiger partial charge in [-0.25, -0.2) is 0 Å². The fraction of sp³-hybridized carbons (Fsp3) is 0.833. The number of carbonyl (C=O) groups is 2. The van der Waals surface area contributed by atoms with Gasteiger partial charge in [-0.1, -0.05) is 20.3 Å². The highest BCUT2D eigenvalue weighted by Gasteiger charge is 2.11. The van der Waals surface area contributed by atoms with Crippen LogP contribution in [0.25, 0.3) is 0 Å². The zero-order valence-corrected chi connectivity index (χ0v) is 10.5. The Balaban J connectivity index is 3.74. The van der Waals surface area contributed by atoms with Gasteiger partial charge in [0, 0.05) is 19.8 Å². The molecule has 0 spiro atoms. The van der Waals surface area contributed by atoms with E-state index in [0.29, 0.717) is 19.4 Å². The molecule has 0 saturated carbocycles. The zero-order chi connectivity index (χ0) is 12.4.